The van der Waals surface area contributed by atoms with Gasteiger partial charge in [-0.1, -0.05) is 36.4 Å². The van der Waals surface area contributed by atoms with Crippen molar-refractivity contribution in [3.63, 3.8) is 0 Å². The Labute approximate surface area is 152 Å². The minimum absolute atomic E-state index is 0.101. The molecule has 1 N–H and O–H groups in total. The SMILES string of the molecule is O=C(CSc1ccc2c(c1)CCC2)NCC(=O)OCc1ccccc1. The molecule has 1 aliphatic carbocycles. The van der Waals surface area contributed by atoms with E-state index < -0.39 is 5.97 Å². The van der Waals surface area contributed by atoms with Crippen LogP contribution in [0, 0.1) is 0 Å². The van der Waals surface area contributed by atoms with Gasteiger partial charge in [-0.3, -0.25) is 9.59 Å². The number of carbonyl (C=O) groups is 2. The van der Waals surface area contributed by atoms with Gasteiger partial charge in [0.15, 0.2) is 0 Å². The number of amides is 1. The van der Waals surface area contributed by atoms with Crippen LogP contribution in [-0.2, 0) is 33.8 Å². The van der Waals surface area contributed by atoms with Gasteiger partial charge in [0.2, 0.25) is 5.91 Å². The van der Waals surface area contributed by atoms with Crippen LogP contribution in [0.15, 0.2) is 53.4 Å². The second-order valence-electron chi connectivity index (χ2n) is 6.00. The van der Waals surface area contributed by atoms with Crippen molar-refractivity contribution in [2.24, 2.45) is 0 Å². The molecule has 0 aromatic heterocycles. The first-order valence-electron chi connectivity index (χ1n) is 8.41. The zero-order valence-corrected chi connectivity index (χ0v) is 14.8. The fourth-order valence-corrected chi connectivity index (χ4v) is 3.59. The maximum atomic E-state index is 11.9. The number of hydrogen-bond acceptors (Lipinski definition) is 4. The van der Waals surface area contributed by atoms with Crippen LogP contribution in [0.1, 0.15) is 23.1 Å². The standard InChI is InChI=1S/C20H21NO3S/c22-19(14-25-18-10-9-16-7-4-8-17(16)11-18)21-12-20(23)24-13-15-5-2-1-3-6-15/h1-3,5-6,9-11H,4,7-8,12-14H2,(H,21,22). The molecule has 0 heterocycles. The van der Waals surface area contributed by atoms with Crippen LogP contribution < -0.4 is 5.32 Å². The number of thioether (sulfide) groups is 1. The number of rotatable bonds is 7. The summed E-state index contributed by atoms with van der Waals surface area (Å²) in [6, 6.07) is 15.9. The van der Waals surface area contributed by atoms with Crippen LogP contribution in [0.5, 0.6) is 0 Å². The second kappa shape index (κ2) is 8.72. The Kier molecular flexibility index (Phi) is 6.12. The summed E-state index contributed by atoms with van der Waals surface area (Å²) in [5.74, 6) is -0.299. The number of aryl methyl sites for hydroxylation is 2. The van der Waals surface area contributed by atoms with E-state index in [4.69, 9.17) is 4.74 Å². The average Bonchev–Trinajstić information content (AvgIpc) is 3.11. The highest BCUT2D eigenvalue weighted by atomic mass is 32.2. The van der Waals surface area contributed by atoms with E-state index in [0.717, 1.165) is 23.3 Å². The Hall–Kier alpha value is -2.27. The van der Waals surface area contributed by atoms with Gasteiger partial charge in [-0.25, -0.2) is 0 Å². The molecule has 5 heteroatoms. The summed E-state index contributed by atoms with van der Waals surface area (Å²) in [4.78, 5) is 24.7. The fourth-order valence-electron chi connectivity index (χ4n) is 2.80. The maximum Gasteiger partial charge on any atom is 0.325 e. The molecule has 0 fully saturated rings. The zero-order valence-electron chi connectivity index (χ0n) is 14.0. The molecule has 2 aromatic carbocycles. The first-order valence-corrected chi connectivity index (χ1v) is 9.40. The molecule has 1 amide bonds. The minimum atomic E-state index is -0.431. The first kappa shape index (κ1) is 17.5. The molecule has 130 valence electrons. The minimum Gasteiger partial charge on any atom is -0.460 e. The summed E-state index contributed by atoms with van der Waals surface area (Å²) < 4.78 is 5.13. The Morgan fingerprint density at radius 2 is 1.84 bits per heavy atom. The molecule has 25 heavy (non-hydrogen) atoms. The summed E-state index contributed by atoms with van der Waals surface area (Å²) in [6.07, 6.45) is 3.50. The van der Waals surface area contributed by atoms with Crippen molar-refractivity contribution in [1.82, 2.24) is 5.32 Å². The number of ether oxygens (including phenoxy) is 1. The van der Waals surface area contributed by atoms with Gasteiger partial charge in [0.1, 0.15) is 13.2 Å². The van der Waals surface area contributed by atoms with Crippen molar-refractivity contribution in [2.45, 2.75) is 30.8 Å². The molecule has 0 spiro atoms. The predicted molar refractivity (Wildman–Crippen MR) is 98.4 cm³/mol. The molecule has 2 aromatic rings. The van der Waals surface area contributed by atoms with Gasteiger partial charge in [0.05, 0.1) is 5.75 Å². The van der Waals surface area contributed by atoms with E-state index in [2.05, 4.69) is 23.5 Å². The maximum absolute atomic E-state index is 11.9. The Morgan fingerprint density at radius 1 is 1.04 bits per heavy atom. The summed E-state index contributed by atoms with van der Waals surface area (Å²) in [5, 5.41) is 2.61. The number of esters is 1. The zero-order chi connectivity index (χ0) is 17.5. The third-order valence-corrected chi connectivity index (χ3v) is 5.11. The van der Waals surface area contributed by atoms with Gasteiger partial charge in [-0.2, -0.15) is 0 Å². The molecule has 0 bridgehead atoms. The molecule has 4 nitrogen and oxygen atoms in total. The monoisotopic (exact) mass is 355 g/mol. The molecule has 0 unspecified atom stereocenters. The van der Waals surface area contributed by atoms with Crippen LogP contribution in [0.4, 0.5) is 0 Å². The van der Waals surface area contributed by atoms with E-state index in [1.54, 1.807) is 0 Å². The van der Waals surface area contributed by atoms with Crippen LogP contribution in [0.25, 0.3) is 0 Å². The molecule has 1 aliphatic rings. The average molecular weight is 355 g/mol. The molecule has 0 saturated heterocycles. The first-order chi connectivity index (χ1) is 12.2. The lowest BCUT2D eigenvalue weighted by Crippen LogP contribution is -2.31. The normalized spacial score (nSPS) is 12.5. The number of hydrogen-bond donors (Lipinski definition) is 1. The van der Waals surface area contributed by atoms with Crippen molar-refractivity contribution in [2.75, 3.05) is 12.3 Å². The van der Waals surface area contributed by atoms with Crippen molar-refractivity contribution < 1.29 is 14.3 Å². The van der Waals surface area contributed by atoms with E-state index in [-0.39, 0.29) is 19.1 Å². The number of nitrogens with one attached hydrogen (secondary N) is 1. The summed E-state index contributed by atoms with van der Waals surface area (Å²) in [5.41, 5.74) is 3.75. The number of carbonyl (C=O) groups excluding carboxylic acids is 2. The molecular formula is C20H21NO3S. The van der Waals surface area contributed by atoms with Gasteiger partial charge in [-0.15, -0.1) is 11.8 Å². The van der Waals surface area contributed by atoms with Crippen molar-refractivity contribution in [3.05, 3.63) is 65.2 Å². The fraction of sp³-hybridized carbons (Fsp3) is 0.300. The predicted octanol–water partition coefficient (Wildman–Crippen LogP) is 3.13. The molecular weight excluding hydrogens is 334 g/mol. The van der Waals surface area contributed by atoms with Gasteiger partial charge in [-0.05, 0) is 48.1 Å². The van der Waals surface area contributed by atoms with Crippen molar-refractivity contribution >= 4 is 23.6 Å². The second-order valence-corrected chi connectivity index (χ2v) is 7.04. The van der Waals surface area contributed by atoms with E-state index in [9.17, 15) is 9.59 Å². The van der Waals surface area contributed by atoms with Crippen LogP contribution in [-0.4, -0.2) is 24.2 Å². The highest BCUT2D eigenvalue weighted by molar-refractivity contribution is 8.00. The van der Waals surface area contributed by atoms with E-state index >= 15 is 0 Å². The highest BCUT2D eigenvalue weighted by Gasteiger charge is 2.12. The van der Waals surface area contributed by atoms with E-state index in [1.807, 2.05) is 30.3 Å². The Balaban J connectivity index is 1.35. The van der Waals surface area contributed by atoms with E-state index in [1.165, 1.54) is 29.3 Å². The van der Waals surface area contributed by atoms with Crippen LogP contribution in [0.2, 0.25) is 0 Å². The van der Waals surface area contributed by atoms with Gasteiger partial charge in [0, 0.05) is 4.90 Å². The van der Waals surface area contributed by atoms with E-state index in [0.29, 0.717) is 5.75 Å². The van der Waals surface area contributed by atoms with Crippen molar-refractivity contribution in [1.29, 1.82) is 0 Å². The van der Waals surface area contributed by atoms with Gasteiger partial charge in [0.25, 0.3) is 0 Å². The third-order valence-electron chi connectivity index (χ3n) is 4.11. The molecule has 0 saturated carbocycles. The highest BCUT2D eigenvalue weighted by Crippen LogP contribution is 2.27. The third kappa shape index (κ3) is 5.36. The lowest BCUT2D eigenvalue weighted by molar-refractivity contribution is -0.145. The van der Waals surface area contributed by atoms with Gasteiger partial charge >= 0.3 is 5.97 Å². The summed E-state index contributed by atoms with van der Waals surface area (Å²) >= 11 is 1.49. The summed E-state index contributed by atoms with van der Waals surface area (Å²) in [6.45, 7) is 0.121. The van der Waals surface area contributed by atoms with Crippen LogP contribution >= 0.6 is 11.8 Å². The lowest BCUT2D eigenvalue weighted by Gasteiger charge is -2.07. The smallest absolute Gasteiger partial charge is 0.325 e. The molecule has 0 aliphatic heterocycles. The largest absolute Gasteiger partial charge is 0.460 e. The molecule has 0 radical (unpaired) electrons. The van der Waals surface area contributed by atoms with Gasteiger partial charge < -0.3 is 10.1 Å². The number of fused-ring (bicyclic) bond motifs is 1. The topological polar surface area (TPSA) is 55.4 Å². The quantitative estimate of drug-likeness (QED) is 0.612. The number of benzene rings is 2. The van der Waals surface area contributed by atoms with Crippen LogP contribution in [0.3, 0.4) is 0 Å². The summed E-state index contributed by atoms with van der Waals surface area (Å²) in [7, 11) is 0. The molecule has 3 rings (SSSR count). The lowest BCUT2D eigenvalue weighted by atomic mass is 10.1. The Bertz CT molecular complexity index is 746. The molecule has 0 atom stereocenters. The van der Waals surface area contributed by atoms with Crippen molar-refractivity contribution in [3.8, 4) is 0 Å². The Morgan fingerprint density at radius 3 is 2.68 bits per heavy atom.